The number of nitrogens with one attached hydrogen (secondary N) is 1. The van der Waals surface area contributed by atoms with Gasteiger partial charge in [-0.1, -0.05) is 61.7 Å². The topological polar surface area (TPSA) is 231 Å². The molecule has 0 radical (unpaired) electrons. The Kier molecular flexibility index (Phi) is 17.1. The van der Waals surface area contributed by atoms with E-state index in [4.69, 9.17) is 11.5 Å². The van der Waals surface area contributed by atoms with E-state index in [1.807, 2.05) is 36.4 Å². The zero-order valence-corrected chi connectivity index (χ0v) is 23.2. The number of carboxylic acid groups (broad SMARTS) is 2. The molecule has 0 aliphatic heterocycles. The van der Waals surface area contributed by atoms with Gasteiger partial charge in [-0.3, -0.25) is 21.3 Å². The predicted octanol–water partition coefficient (Wildman–Crippen LogP) is -3.33. The van der Waals surface area contributed by atoms with E-state index in [1.165, 1.54) is 5.56 Å². The number of quaternary nitrogens is 1. The second-order valence-corrected chi connectivity index (χ2v) is 10.3. The highest BCUT2D eigenvalue weighted by Crippen LogP contribution is 2.34. The highest BCUT2D eigenvalue weighted by molar-refractivity contribution is 5.84. The number of hydrogen-bond acceptors (Lipinski definition) is 7. The van der Waals surface area contributed by atoms with Crippen LogP contribution in [-0.2, 0) is 20.8 Å². The third-order valence-electron chi connectivity index (χ3n) is 6.90. The predicted molar refractivity (Wildman–Crippen MR) is 145 cm³/mol. The summed E-state index contributed by atoms with van der Waals surface area (Å²) in [6.07, 6.45) is 8.75. The molecule has 1 unspecified atom stereocenters. The Morgan fingerprint density at radius 3 is 2.38 bits per heavy atom. The van der Waals surface area contributed by atoms with Gasteiger partial charge in [0.1, 0.15) is 11.8 Å². The molecule has 5 atom stereocenters. The van der Waals surface area contributed by atoms with Gasteiger partial charge in [0.2, 0.25) is 0 Å². The highest BCUT2D eigenvalue weighted by Gasteiger charge is 2.39. The van der Waals surface area contributed by atoms with Gasteiger partial charge < -0.3 is 35.7 Å². The number of nitrogens with two attached hydrogens (primary N) is 2. The van der Waals surface area contributed by atoms with Crippen LogP contribution < -0.4 is 32.4 Å². The normalized spacial score (nSPS) is 20.0. The monoisotopic (exact) mass is 562 g/mol. The number of carbonyl (C=O) groups excluding carboxylic acids is 3. The Bertz CT molecular complexity index is 951. The van der Waals surface area contributed by atoms with E-state index in [2.05, 4.69) is 10.7 Å². The Morgan fingerprint density at radius 1 is 1.07 bits per heavy atom. The number of guanidine groups is 1. The lowest BCUT2D eigenvalue weighted by Crippen LogP contribution is -2.78. The number of aliphatic hydroxyl groups is 2. The zero-order chi connectivity index (χ0) is 29.9. The maximum Gasteiger partial charge on any atom is 0.338 e. The smallest absolute Gasteiger partial charge is 0.338 e. The Hall–Kier alpha value is -3.28. The summed E-state index contributed by atoms with van der Waals surface area (Å²) in [5.74, 6) is -2.39. The van der Waals surface area contributed by atoms with Crippen LogP contribution in [0.2, 0.25) is 0 Å². The maximum absolute atomic E-state index is 12.2. The van der Waals surface area contributed by atoms with Crippen molar-refractivity contribution in [3.05, 3.63) is 48.0 Å². The molecule has 1 aliphatic rings. The van der Waals surface area contributed by atoms with Gasteiger partial charge in [0.05, 0.1) is 24.7 Å². The fourth-order valence-corrected chi connectivity index (χ4v) is 4.59. The standard InChI is InChI=1S/C23H32O5.C6H14N4O2/c24-18(13-12-17-8-4-3-5-9-17)14-15-20-19(21(25)16-22(20)26)10-6-1-2-7-11-23(27)28;7-4(5(11)12)2-1-3-10-6(8)9/h3-5,8-9,14-15,18-20,22,24,26H,1-2,6-7,10-13,16H2,(H,27,28);4H,1-3,7H2,(H,11,12)(H4,8,9,10)/b15-14+;/t18-,19?,20+,22+;4-/m00/s1. The molecule has 2 rings (SSSR count). The summed E-state index contributed by atoms with van der Waals surface area (Å²) in [5.41, 5.74) is 14.8. The number of benzene rings is 1. The molecule has 1 aromatic carbocycles. The Balaban J connectivity index is 0.000000562. The number of aliphatic carboxylic acids is 2. The second-order valence-electron chi connectivity index (χ2n) is 10.3. The number of Topliss-reactive ketones (excluding diaryl/α,β-unsaturated/α-hetero) is 1. The summed E-state index contributed by atoms with van der Waals surface area (Å²) in [6, 6.07) is 9.30. The Labute approximate surface area is 236 Å². The van der Waals surface area contributed by atoms with Gasteiger partial charge >= 0.3 is 5.96 Å². The number of aryl methyl sites for hydroxylation is 1. The van der Waals surface area contributed by atoms with Crippen molar-refractivity contribution in [1.29, 1.82) is 0 Å². The molecule has 11 heteroatoms. The van der Waals surface area contributed by atoms with Gasteiger partial charge in [-0.15, -0.1) is 0 Å². The third kappa shape index (κ3) is 15.3. The van der Waals surface area contributed by atoms with Crippen LogP contribution in [0.25, 0.3) is 0 Å². The van der Waals surface area contributed by atoms with Gasteiger partial charge in [-0.05, 0) is 44.1 Å². The van der Waals surface area contributed by atoms with E-state index in [0.717, 1.165) is 25.7 Å². The molecule has 0 aromatic heterocycles. The van der Waals surface area contributed by atoms with E-state index >= 15 is 0 Å². The first-order valence-electron chi connectivity index (χ1n) is 14.0. The fourth-order valence-electron chi connectivity index (χ4n) is 4.59. The number of unbranched alkanes of at least 4 members (excludes halogenated alkanes) is 3. The summed E-state index contributed by atoms with van der Waals surface area (Å²) < 4.78 is 0. The van der Waals surface area contributed by atoms with E-state index in [9.17, 15) is 34.8 Å². The molecule has 1 aromatic rings. The van der Waals surface area contributed by atoms with Crippen molar-refractivity contribution in [3.8, 4) is 0 Å². The van der Waals surface area contributed by atoms with Gasteiger partial charge in [0.15, 0.2) is 0 Å². The largest absolute Gasteiger partial charge is 0.550 e. The quantitative estimate of drug-likeness (QED) is 0.0482. The highest BCUT2D eigenvalue weighted by atomic mass is 16.4. The van der Waals surface area contributed by atoms with Crippen LogP contribution in [0, 0.1) is 11.8 Å². The van der Waals surface area contributed by atoms with E-state index in [-0.39, 0.29) is 36.4 Å². The number of hydrogen-bond donors (Lipinski definition) is 6. The van der Waals surface area contributed by atoms with Crippen LogP contribution in [0.4, 0.5) is 0 Å². The molecule has 0 amide bonds. The summed E-state index contributed by atoms with van der Waals surface area (Å²) in [6.45, 7) is 0.557. The molecule has 10 N–H and O–H groups in total. The second kappa shape index (κ2) is 19.7. The van der Waals surface area contributed by atoms with Crippen molar-refractivity contribution < 1.29 is 45.5 Å². The number of ketones is 1. The summed E-state index contributed by atoms with van der Waals surface area (Å²) in [7, 11) is 0. The first-order valence-corrected chi connectivity index (χ1v) is 14.0. The van der Waals surface area contributed by atoms with Gasteiger partial charge in [0, 0.05) is 30.6 Å². The lowest BCUT2D eigenvalue weighted by atomic mass is 9.88. The first kappa shape index (κ1) is 34.7. The number of rotatable bonds is 17. The molecule has 40 heavy (non-hydrogen) atoms. The molecule has 1 aliphatic carbocycles. The van der Waals surface area contributed by atoms with E-state index in [1.54, 1.807) is 6.08 Å². The van der Waals surface area contributed by atoms with Crippen molar-refractivity contribution in [1.82, 2.24) is 0 Å². The molecule has 0 spiro atoms. The third-order valence-corrected chi connectivity index (χ3v) is 6.90. The summed E-state index contributed by atoms with van der Waals surface area (Å²) in [4.78, 5) is 35.5. The first-order chi connectivity index (χ1) is 19.0. The van der Waals surface area contributed by atoms with Gasteiger partial charge in [-0.25, -0.2) is 0 Å². The van der Waals surface area contributed by atoms with Crippen LogP contribution in [0.5, 0.6) is 0 Å². The molecular formula is C29H46N4O7. The minimum absolute atomic E-state index is 0.0767. The van der Waals surface area contributed by atoms with Crippen LogP contribution in [0.3, 0.4) is 0 Å². The van der Waals surface area contributed by atoms with E-state index < -0.39 is 30.2 Å². The molecule has 1 fully saturated rings. The van der Waals surface area contributed by atoms with Crippen molar-refractivity contribution in [3.63, 3.8) is 0 Å². The van der Waals surface area contributed by atoms with E-state index in [0.29, 0.717) is 38.6 Å². The number of carboxylic acids is 2. The average molecular weight is 563 g/mol. The minimum atomic E-state index is -1.13. The van der Waals surface area contributed by atoms with Crippen LogP contribution >= 0.6 is 0 Å². The van der Waals surface area contributed by atoms with Crippen molar-refractivity contribution in [2.75, 3.05) is 6.54 Å². The summed E-state index contributed by atoms with van der Waals surface area (Å²) >= 11 is 0. The minimum Gasteiger partial charge on any atom is -0.550 e. The average Bonchev–Trinajstić information content (AvgIpc) is 3.18. The van der Waals surface area contributed by atoms with Gasteiger partial charge in [0.25, 0.3) is 0 Å². The zero-order valence-electron chi connectivity index (χ0n) is 23.2. The van der Waals surface area contributed by atoms with Crippen LogP contribution in [-0.4, -0.2) is 58.7 Å². The van der Waals surface area contributed by atoms with Crippen LogP contribution in [0.15, 0.2) is 42.5 Å². The van der Waals surface area contributed by atoms with Crippen molar-refractivity contribution >= 4 is 23.7 Å². The Morgan fingerprint density at radius 2 is 1.75 bits per heavy atom. The molecular weight excluding hydrogens is 516 g/mol. The number of aliphatic hydroxyl groups excluding tert-OH is 2. The SMILES string of the molecule is NC(N)=[NH+]CCC[C@H]([NH3+])C(=O)[O-].O=C([O-])CCCCCCC1C(=O)C[C@@H](O)[C@@H]1/C=C/[C@@H](O)CCc1ccccc1. The molecule has 224 valence electrons. The lowest BCUT2D eigenvalue weighted by Gasteiger charge is -2.18. The molecule has 1 saturated carbocycles. The summed E-state index contributed by atoms with van der Waals surface area (Å²) in [5, 5.41) is 41.0. The fraction of sp³-hybridized carbons (Fsp3) is 0.586. The molecule has 0 heterocycles. The maximum atomic E-state index is 12.2. The van der Waals surface area contributed by atoms with Crippen molar-refractivity contribution in [2.45, 2.75) is 88.9 Å². The lowest BCUT2D eigenvalue weighted by molar-refractivity contribution is -0.466. The number of carbonyl (C=O) groups is 3. The molecule has 0 bridgehead atoms. The van der Waals surface area contributed by atoms with Crippen LogP contribution in [0.1, 0.15) is 69.8 Å². The molecule has 11 nitrogen and oxygen atoms in total. The van der Waals surface area contributed by atoms with Gasteiger partial charge in [-0.2, -0.15) is 0 Å². The van der Waals surface area contributed by atoms with Crippen molar-refractivity contribution in [2.24, 2.45) is 23.3 Å². The molecule has 0 saturated heterocycles.